The molecule has 0 fully saturated rings. The number of alkyl halides is 3. The molecule has 0 aliphatic carbocycles. The van der Waals surface area contributed by atoms with Gasteiger partial charge in [0.25, 0.3) is 0 Å². The van der Waals surface area contributed by atoms with E-state index in [0.29, 0.717) is 5.02 Å². The maximum atomic E-state index is 12.1. The van der Waals surface area contributed by atoms with E-state index >= 15 is 0 Å². The Balaban J connectivity index is 1.87. The first-order valence-corrected chi connectivity index (χ1v) is 8.34. The summed E-state index contributed by atoms with van der Waals surface area (Å²) in [6.45, 7) is -0.237. The van der Waals surface area contributed by atoms with E-state index in [1.165, 1.54) is 30.2 Å². The molecule has 2 aromatic carbocycles. The Labute approximate surface area is 164 Å². The maximum Gasteiger partial charge on any atom is 0.573 e. The van der Waals surface area contributed by atoms with Crippen LogP contribution in [0, 0.1) is 0 Å². The zero-order valence-corrected chi connectivity index (χ0v) is 15.4. The fraction of sp³-hybridized carbons (Fsp3) is 0.158. The van der Waals surface area contributed by atoms with Crippen molar-refractivity contribution >= 4 is 35.2 Å². The van der Waals surface area contributed by atoms with E-state index in [2.05, 4.69) is 10.1 Å². The van der Waals surface area contributed by atoms with Crippen LogP contribution in [0.4, 0.5) is 18.9 Å². The van der Waals surface area contributed by atoms with E-state index < -0.39 is 23.9 Å². The van der Waals surface area contributed by atoms with Crippen molar-refractivity contribution in [3.05, 3.63) is 65.2 Å². The average molecular weight is 413 g/mol. The Bertz CT molecular complexity index is 867. The summed E-state index contributed by atoms with van der Waals surface area (Å²) in [6.07, 6.45) is -1.91. The number of ether oxygens (including phenoxy) is 1. The van der Waals surface area contributed by atoms with Gasteiger partial charge in [-0.15, -0.1) is 13.2 Å². The van der Waals surface area contributed by atoms with Crippen molar-refractivity contribution in [2.45, 2.75) is 6.36 Å². The Kier molecular flexibility index (Phi) is 7.06. The zero-order chi connectivity index (χ0) is 20.7. The minimum Gasteiger partial charge on any atom is -0.406 e. The van der Waals surface area contributed by atoms with Gasteiger partial charge in [-0.3, -0.25) is 9.59 Å². The number of nitrogens with one attached hydrogen (secondary N) is 1. The molecule has 0 heterocycles. The third-order valence-corrected chi connectivity index (χ3v) is 3.63. The molecule has 2 aromatic rings. The summed E-state index contributed by atoms with van der Waals surface area (Å²) in [5.74, 6) is -1.30. The topological polar surface area (TPSA) is 58.6 Å². The third kappa shape index (κ3) is 7.32. The molecule has 28 heavy (non-hydrogen) atoms. The van der Waals surface area contributed by atoms with E-state index in [-0.39, 0.29) is 12.2 Å². The van der Waals surface area contributed by atoms with Crippen molar-refractivity contribution in [3.8, 4) is 5.75 Å². The molecule has 0 spiro atoms. The van der Waals surface area contributed by atoms with Gasteiger partial charge in [0.1, 0.15) is 5.75 Å². The van der Waals surface area contributed by atoms with Crippen molar-refractivity contribution in [1.82, 2.24) is 4.90 Å². The van der Waals surface area contributed by atoms with Crippen LogP contribution in [0.25, 0.3) is 6.08 Å². The Hall–Kier alpha value is -3.00. The molecule has 9 heteroatoms. The first-order valence-electron chi connectivity index (χ1n) is 7.97. The molecular weight excluding hydrogens is 397 g/mol. The maximum absolute atomic E-state index is 12.1. The van der Waals surface area contributed by atoms with Gasteiger partial charge in [-0.05, 0) is 48.0 Å². The molecule has 5 nitrogen and oxygen atoms in total. The quantitative estimate of drug-likeness (QED) is 0.718. The summed E-state index contributed by atoms with van der Waals surface area (Å²) in [7, 11) is 1.45. The second kappa shape index (κ2) is 9.27. The van der Waals surface area contributed by atoms with Crippen LogP contribution in [-0.2, 0) is 9.59 Å². The first-order chi connectivity index (χ1) is 13.1. The van der Waals surface area contributed by atoms with Crippen LogP contribution in [0.2, 0.25) is 5.02 Å². The molecule has 0 radical (unpaired) electrons. The van der Waals surface area contributed by atoms with Crippen molar-refractivity contribution < 1.29 is 27.5 Å². The van der Waals surface area contributed by atoms with Gasteiger partial charge in [-0.25, -0.2) is 0 Å². The number of carbonyl (C=O) groups is 2. The number of carbonyl (C=O) groups excluding carboxylic acids is 2. The fourth-order valence-electron chi connectivity index (χ4n) is 2.14. The standard InChI is InChI=1S/C19H16ClF3N2O3/c1-25(18(27)10-5-13-3-2-4-14(20)11-13)12-17(26)24-15-6-8-16(9-7-15)28-19(21,22)23/h2-11H,12H2,1H3,(H,24,26)/b10-5+. The van der Waals surface area contributed by atoms with Gasteiger partial charge in [-0.2, -0.15) is 0 Å². The van der Waals surface area contributed by atoms with Crippen molar-refractivity contribution in [3.63, 3.8) is 0 Å². The van der Waals surface area contributed by atoms with Crippen molar-refractivity contribution in [1.29, 1.82) is 0 Å². The second-order valence-electron chi connectivity index (χ2n) is 5.70. The summed E-state index contributed by atoms with van der Waals surface area (Å²) >= 11 is 5.86. The molecule has 2 rings (SSSR count). The van der Waals surface area contributed by atoms with Crippen molar-refractivity contribution in [2.75, 3.05) is 18.9 Å². The molecule has 0 saturated heterocycles. The van der Waals surface area contributed by atoms with Gasteiger partial charge in [0.05, 0.1) is 6.54 Å². The number of hydrogen-bond acceptors (Lipinski definition) is 3. The monoisotopic (exact) mass is 412 g/mol. The molecule has 2 amide bonds. The SMILES string of the molecule is CN(CC(=O)Nc1ccc(OC(F)(F)F)cc1)C(=O)/C=C/c1cccc(Cl)c1. The number of amides is 2. The molecule has 0 aromatic heterocycles. The molecule has 0 aliphatic rings. The smallest absolute Gasteiger partial charge is 0.406 e. The number of hydrogen-bond donors (Lipinski definition) is 1. The molecule has 0 unspecified atom stereocenters. The van der Waals surface area contributed by atoms with Crippen LogP contribution in [0.3, 0.4) is 0 Å². The minimum atomic E-state index is -4.79. The zero-order valence-electron chi connectivity index (χ0n) is 14.7. The van der Waals surface area contributed by atoms with Gasteiger partial charge >= 0.3 is 6.36 Å². The lowest BCUT2D eigenvalue weighted by Crippen LogP contribution is -2.33. The van der Waals surface area contributed by atoms with Crippen LogP contribution in [0.1, 0.15) is 5.56 Å². The van der Waals surface area contributed by atoms with Crippen LogP contribution in [0.15, 0.2) is 54.6 Å². The first kappa shape index (κ1) is 21.3. The van der Waals surface area contributed by atoms with Crippen LogP contribution < -0.4 is 10.1 Å². The molecule has 1 N–H and O–H groups in total. The van der Waals surface area contributed by atoms with Crippen molar-refractivity contribution in [2.24, 2.45) is 0 Å². The number of halogens is 4. The molecular formula is C19H16ClF3N2O3. The van der Waals surface area contributed by atoms with E-state index in [0.717, 1.165) is 17.7 Å². The number of likely N-dealkylation sites (N-methyl/N-ethyl adjacent to an activating group) is 1. The summed E-state index contributed by atoms with van der Waals surface area (Å²) in [5, 5.41) is 3.02. The fourth-order valence-corrected chi connectivity index (χ4v) is 2.34. The minimum absolute atomic E-state index is 0.237. The van der Waals surface area contributed by atoms with Crippen LogP contribution in [0.5, 0.6) is 5.75 Å². The lowest BCUT2D eigenvalue weighted by Gasteiger charge is -2.15. The highest BCUT2D eigenvalue weighted by Gasteiger charge is 2.30. The molecule has 0 aliphatic heterocycles. The van der Waals surface area contributed by atoms with Gasteiger partial charge in [-0.1, -0.05) is 23.7 Å². The summed E-state index contributed by atoms with van der Waals surface area (Å²) in [4.78, 5) is 25.3. The molecule has 0 atom stereocenters. The molecule has 0 saturated carbocycles. The highest BCUT2D eigenvalue weighted by atomic mass is 35.5. The van der Waals surface area contributed by atoms with Gasteiger partial charge in [0.15, 0.2) is 0 Å². The molecule has 0 bridgehead atoms. The largest absolute Gasteiger partial charge is 0.573 e. The number of nitrogens with zero attached hydrogens (tertiary/aromatic N) is 1. The van der Waals surface area contributed by atoms with Gasteiger partial charge in [0.2, 0.25) is 11.8 Å². The average Bonchev–Trinajstić information content (AvgIpc) is 2.60. The van der Waals surface area contributed by atoms with Gasteiger partial charge < -0.3 is 15.0 Å². The highest BCUT2D eigenvalue weighted by molar-refractivity contribution is 6.30. The second-order valence-corrected chi connectivity index (χ2v) is 6.14. The number of benzene rings is 2. The summed E-state index contributed by atoms with van der Waals surface area (Å²) < 4.78 is 40.1. The predicted octanol–water partition coefficient (Wildman–Crippen LogP) is 4.35. The predicted molar refractivity (Wildman–Crippen MR) is 99.9 cm³/mol. The Morgan fingerprint density at radius 1 is 1.18 bits per heavy atom. The number of rotatable bonds is 6. The summed E-state index contributed by atoms with van der Waals surface area (Å²) in [5.41, 5.74) is 1.01. The van der Waals surface area contributed by atoms with E-state index in [1.54, 1.807) is 30.3 Å². The lowest BCUT2D eigenvalue weighted by atomic mass is 10.2. The third-order valence-electron chi connectivity index (χ3n) is 3.40. The molecule has 148 valence electrons. The summed E-state index contributed by atoms with van der Waals surface area (Å²) in [6, 6.07) is 11.6. The normalized spacial score (nSPS) is 11.3. The van der Waals surface area contributed by atoms with Crippen LogP contribution in [-0.4, -0.2) is 36.7 Å². The van der Waals surface area contributed by atoms with Crippen LogP contribution >= 0.6 is 11.6 Å². The Morgan fingerprint density at radius 3 is 2.46 bits per heavy atom. The van der Waals surface area contributed by atoms with E-state index in [1.807, 2.05) is 0 Å². The van der Waals surface area contributed by atoms with E-state index in [4.69, 9.17) is 11.6 Å². The van der Waals surface area contributed by atoms with Gasteiger partial charge in [0, 0.05) is 23.8 Å². The Morgan fingerprint density at radius 2 is 1.86 bits per heavy atom. The number of anilines is 1. The lowest BCUT2D eigenvalue weighted by molar-refractivity contribution is -0.274. The van der Waals surface area contributed by atoms with E-state index in [9.17, 15) is 22.8 Å². The highest BCUT2D eigenvalue weighted by Crippen LogP contribution is 2.23.